The molecule has 102 valence electrons. The van der Waals surface area contributed by atoms with Crippen molar-refractivity contribution in [2.45, 2.75) is 18.4 Å². The molecule has 0 bridgehead atoms. The molecule has 5 heteroatoms. The van der Waals surface area contributed by atoms with E-state index in [9.17, 15) is 9.18 Å². The summed E-state index contributed by atoms with van der Waals surface area (Å²) in [5, 5.41) is 0. The number of piperazine rings is 1. The van der Waals surface area contributed by atoms with Gasteiger partial charge in [0.05, 0.1) is 11.2 Å². The molecule has 19 heavy (non-hydrogen) atoms. The van der Waals surface area contributed by atoms with Crippen molar-refractivity contribution < 1.29 is 9.18 Å². The van der Waals surface area contributed by atoms with Crippen molar-refractivity contribution in [2.75, 3.05) is 31.1 Å². The van der Waals surface area contributed by atoms with Crippen molar-refractivity contribution >= 4 is 11.6 Å². The van der Waals surface area contributed by atoms with Gasteiger partial charge >= 0.3 is 0 Å². The minimum atomic E-state index is -0.597. The van der Waals surface area contributed by atoms with Gasteiger partial charge in [-0.2, -0.15) is 0 Å². The monoisotopic (exact) mass is 263 g/mol. The molecule has 0 spiro atoms. The van der Waals surface area contributed by atoms with E-state index in [1.54, 1.807) is 12.1 Å². The average molecular weight is 263 g/mol. The number of nitrogens with zero attached hydrogens (tertiary/aromatic N) is 2. The maximum Gasteiger partial charge on any atom is 0.242 e. The average Bonchev–Trinajstić information content (AvgIpc) is 3.18. The molecule has 0 atom stereocenters. The summed E-state index contributed by atoms with van der Waals surface area (Å²) in [5.41, 5.74) is 5.94. The Morgan fingerprint density at radius 3 is 2.37 bits per heavy atom. The minimum absolute atomic E-state index is 0.0562. The Bertz CT molecular complexity index is 493. The molecule has 3 rings (SSSR count). The van der Waals surface area contributed by atoms with E-state index < -0.39 is 5.54 Å². The van der Waals surface area contributed by atoms with E-state index in [-0.39, 0.29) is 11.7 Å². The van der Waals surface area contributed by atoms with Gasteiger partial charge in [-0.15, -0.1) is 0 Å². The normalized spacial score (nSPS) is 21.4. The number of carbonyl (C=O) groups excluding carboxylic acids is 1. The van der Waals surface area contributed by atoms with Crippen LogP contribution in [0.3, 0.4) is 0 Å². The maximum atomic E-state index is 13.7. The van der Waals surface area contributed by atoms with E-state index in [1.807, 2.05) is 15.9 Å². The SMILES string of the molecule is NC1(C(=O)N2CCN(c3ccccc3F)CC2)CC1. The first-order chi connectivity index (χ1) is 9.10. The first-order valence-corrected chi connectivity index (χ1v) is 6.68. The van der Waals surface area contributed by atoms with Gasteiger partial charge in [0.25, 0.3) is 0 Å². The lowest BCUT2D eigenvalue weighted by Gasteiger charge is -2.37. The third-order valence-corrected chi connectivity index (χ3v) is 3.97. The Morgan fingerprint density at radius 2 is 1.79 bits per heavy atom. The second-order valence-electron chi connectivity index (χ2n) is 5.39. The zero-order chi connectivity index (χ0) is 13.5. The van der Waals surface area contributed by atoms with Crippen molar-refractivity contribution in [1.29, 1.82) is 0 Å². The fourth-order valence-electron chi connectivity index (χ4n) is 2.52. The predicted octanol–water partition coefficient (Wildman–Crippen LogP) is 0.966. The molecule has 1 saturated carbocycles. The smallest absolute Gasteiger partial charge is 0.242 e. The van der Waals surface area contributed by atoms with Gasteiger partial charge in [0, 0.05) is 26.2 Å². The third kappa shape index (κ3) is 2.30. The highest BCUT2D eigenvalue weighted by molar-refractivity contribution is 5.89. The highest BCUT2D eigenvalue weighted by Crippen LogP contribution is 2.34. The Labute approximate surface area is 112 Å². The van der Waals surface area contributed by atoms with Gasteiger partial charge in [0.1, 0.15) is 5.82 Å². The molecule has 2 fully saturated rings. The number of benzene rings is 1. The fraction of sp³-hybridized carbons (Fsp3) is 0.500. The van der Waals surface area contributed by atoms with Crippen molar-refractivity contribution in [3.63, 3.8) is 0 Å². The number of rotatable bonds is 2. The molecule has 2 aliphatic rings. The molecular weight excluding hydrogens is 245 g/mol. The molecule has 0 unspecified atom stereocenters. The van der Waals surface area contributed by atoms with Gasteiger partial charge in [-0.05, 0) is 25.0 Å². The molecule has 0 aromatic heterocycles. The van der Waals surface area contributed by atoms with Gasteiger partial charge < -0.3 is 15.5 Å². The Morgan fingerprint density at radius 1 is 1.16 bits per heavy atom. The number of anilines is 1. The van der Waals surface area contributed by atoms with E-state index in [0.717, 1.165) is 12.8 Å². The summed E-state index contributed by atoms with van der Waals surface area (Å²) < 4.78 is 13.7. The van der Waals surface area contributed by atoms with Crippen LogP contribution in [0.25, 0.3) is 0 Å². The number of hydrogen-bond donors (Lipinski definition) is 1. The molecular formula is C14H18FN3O. The topological polar surface area (TPSA) is 49.6 Å². The quantitative estimate of drug-likeness (QED) is 0.865. The second-order valence-corrected chi connectivity index (χ2v) is 5.39. The molecule has 1 aliphatic heterocycles. The van der Waals surface area contributed by atoms with E-state index in [1.165, 1.54) is 6.07 Å². The Balaban J connectivity index is 1.64. The van der Waals surface area contributed by atoms with E-state index in [4.69, 9.17) is 5.73 Å². The van der Waals surface area contributed by atoms with E-state index in [0.29, 0.717) is 31.9 Å². The van der Waals surface area contributed by atoms with Gasteiger partial charge in [-0.3, -0.25) is 4.79 Å². The molecule has 0 radical (unpaired) electrons. The molecule has 1 aromatic carbocycles. The predicted molar refractivity (Wildman–Crippen MR) is 71.3 cm³/mol. The molecule has 1 aliphatic carbocycles. The summed E-state index contributed by atoms with van der Waals surface area (Å²) in [4.78, 5) is 15.9. The molecule has 1 aromatic rings. The zero-order valence-corrected chi connectivity index (χ0v) is 10.8. The summed E-state index contributed by atoms with van der Waals surface area (Å²) in [6.07, 6.45) is 1.58. The van der Waals surface area contributed by atoms with Crippen LogP contribution in [0.5, 0.6) is 0 Å². The summed E-state index contributed by atoms with van der Waals surface area (Å²) in [7, 11) is 0. The van der Waals surface area contributed by atoms with Crippen molar-refractivity contribution in [1.82, 2.24) is 4.90 Å². The maximum absolute atomic E-state index is 13.7. The van der Waals surface area contributed by atoms with Gasteiger partial charge in [-0.1, -0.05) is 12.1 Å². The number of para-hydroxylation sites is 1. The lowest BCUT2D eigenvalue weighted by molar-refractivity contribution is -0.133. The summed E-state index contributed by atoms with van der Waals surface area (Å²) in [6.45, 7) is 2.55. The Kier molecular flexibility index (Phi) is 2.93. The van der Waals surface area contributed by atoms with Gasteiger partial charge in [0.2, 0.25) is 5.91 Å². The molecule has 1 amide bonds. The first-order valence-electron chi connectivity index (χ1n) is 6.68. The van der Waals surface area contributed by atoms with Gasteiger partial charge in [-0.25, -0.2) is 4.39 Å². The Hall–Kier alpha value is -1.62. The van der Waals surface area contributed by atoms with Crippen LogP contribution in [0.15, 0.2) is 24.3 Å². The van der Waals surface area contributed by atoms with Crippen LogP contribution in [0.2, 0.25) is 0 Å². The largest absolute Gasteiger partial charge is 0.366 e. The highest BCUT2D eigenvalue weighted by Gasteiger charge is 2.48. The summed E-state index contributed by atoms with van der Waals surface area (Å²) >= 11 is 0. The molecule has 1 heterocycles. The first kappa shape index (κ1) is 12.4. The van der Waals surface area contributed by atoms with E-state index >= 15 is 0 Å². The van der Waals surface area contributed by atoms with Crippen LogP contribution in [0.1, 0.15) is 12.8 Å². The van der Waals surface area contributed by atoms with Crippen LogP contribution in [0.4, 0.5) is 10.1 Å². The van der Waals surface area contributed by atoms with Crippen LogP contribution in [0, 0.1) is 5.82 Å². The van der Waals surface area contributed by atoms with Gasteiger partial charge in [0.15, 0.2) is 0 Å². The van der Waals surface area contributed by atoms with Crippen LogP contribution < -0.4 is 10.6 Å². The lowest BCUT2D eigenvalue weighted by atomic mass is 10.2. The molecule has 2 N–H and O–H groups in total. The number of carbonyl (C=O) groups is 1. The standard InChI is InChI=1S/C14H18FN3O/c15-11-3-1-2-4-12(11)17-7-9-18(10-8-17)13(19)14(16)5-6-14/h1-4H,5-10,16H2. The number of nitrogens with two attached hydrogens (primary N) is 1. The summed E-state index contributed by atoms with van der Waals surface area (Å²) in [5.74, 6) is -0.152. The summed E-state index contributed by atoms with van der Waals surface area (Å²) in [6, 6.07) is 6.75. The van der Waals surface area contributed by atoms with Crippen LogP contribution >= 0.6 is 0 Å². The van der Waals surface area contributed by atoms with Crippen molar-refractivity contribution in [3.8, 4) is 0 Å². The van der Waals surface area contributed by atoms with Crippen LogP contribution in [-0.4, -0.2) is 42.5 Å². The molecule has 1 saturated heterocycles. The fourth-order valence-corrected chi connectivity index (χ4v) is 2.52. The number of amides is 1. The molecule has 4 nitrogen and oxygen atoms in total. The van der Waals surface area contributed by atoms with Crippen molar-refractivity contribution in [2.24, 2.45) is 5.73 Å². The zero-order valence-electron chi connectivity index (χ0n) is 10.8. The number of hydrogen-bond acceptors (Lipinski definition) is 3. The highest BCUT2D eigenvalue weighted by atomic mass is 19.1. The lowest BCUT2D eigenvalue weighted by Crippen LogP contribution is -2.54. The van der Waals surface area contributed by atoms with Crippen molar-refractivity contribution in [3.05, 3.63) is 30.1 Å². The minimum Gasteiger partial charge on any atom is -0.366 e. The van der Waals surface area contributed by atoms with E-state index in [2.05, 4.69) is 0 Å². The third-order valence-electron chi connectivity index (χ3n) is 3.97. The van der Waals surface area contributed by atoms with Crippen LogP contribution in [-0.2, 0) is 4.79 Å². The number of halogens is 1. The second kappa shape index (κ2) is 4.49.